The summed E-state index contributed by atoms with van der Waals surface area (Å²) in [6.07, 6.45) is 4.19. The van der Waals surface area contributed by atoms with Gasteiger partial charge < -0.3 is 9.47 Å². The maximum Gasteiger partial charge on any atom is 0.334 e. The molecule has 53 heavy (non-hydrogen) atoms. The number of ether oxygens (including phenoxy) is 2. The van der Waals surface area contributed by atoms with Gasteiger partial charge in [-0.15, -0.1) is 57.1 Å². The highest BCUT2D eigenvalue weighted by atomic mass is 32.2. The molecule has 0 aliphatic rings. The zero-order valence-corrected chi connectivity index (χ0v) is 37.6. The predicted molar refractivity (Wildman–Crippen MR) is 236 cm³/mol. The van der Waals surface area contributed by atoms with Crippen molar-refractivity contribution in [3.05, 3.63) is 68.3 Å². The Morgan fingerprint density at radius 3 is 2.17 bits per heavy atom. The lowest BCUT2D eigenvalue weighted by Gasteiger charge is -2.42. The number of nitrogens with zero attached hydrogens (tertiary/aromatic N) is 1. The van der Waals surface area contributed by atoms with Gasteiger partial charge >= 0.3 is 11.9 Å². The molecule has 4 heterocycles. The molecule has 0 aromatic carbocycles. The summed E-state index contributed by atoms with van der Waals surface area (Å²) in [7, 11) is 1.39. The molecule has 0 saturated heterocycles. The molecule has 0 N–H and O–H groups in total. The summed E-state index contributed by atoms with van der Waals surface area (Å²) in [6, 6.07) is 15.6. The number of thiophene rings is 4. The molecule has 12 heteroatoms. The smallest absolute Gasteiger partial charge is 0.334 e. The van der Waals surface area contributed by atoms with Crippen LogP contribution >= 0.6 is 81.1 Å². The van der Waals surface area contributed by atoms with Crippen molar-refractivity contribution in [1.82, 2.24) is 0 Å². The zero-order chi connectivity index (χ0) is 38.8. The number of hydrogen-bond acceptors (Lipinski definition) is 12. The number of allylic oxidation sites excluding steroid dienone is 1. The van der Waals surface area contributed by atoms with Crippen LogP contribution in [0, 0.1) is 36.0 Å². The highest BCUT2D eigenvalue weighted by molar-refractivity contribution is 8.48. The number of aryl methyl sites for hydroxylation is 2. The van der Waals surface area contributed by atoms with Crippen molar-refractivity contribution in [2.75, 3.05) is 12.9 Å². The molecule has 0 bridgehead atoms. The third-order valence-electron chi connectivity index (χ3n) is 9.88. The minimum absolute atomic E-state index is 0.101. The van der Waals surface area contributed by atoms with Crippen LogP contribution in [0.4, 0.5) is 0 Å². The van der Waals surface area contributed by atoms with E-state index in [1.165, 1.54) is 53.7 Å². The SMILES string of the molecule is CCCCSC(=S)S/C(CC)=C(\CC(C)(CC)C(C)(C#N)CCC(=O)OCc1cc(C)c(-c2ccc(-c3ccc(-c4sccc4C)s3)s2)s1)C(=O)OC. The third-order valence-corrected chi connectivity index (χ3v) is 17.7. The van der Waals surface area contributed by atoms with E-state index in [-0.39, 0.29) is 19.0 Å². The number of methoxy groups -OCH3 is 1. The Hall–Kier alpha value is -2.24. The van der Waals surface area contributed by atoms with Crippen LogP contribution in [0.25, 0.3) is 29.3 Å². The molecule has 4 aromatic rings. The number of carbonyl (C=O) groups excluding carboxylic acids is 2. The van der Waals surface area contributed by atoms with E-state index in [1.54, 1.807) is 45.8 Å². The van der Waals surface area contributed by atoms with Crippen LogP contribution in [-0.2, 0) is 25.7 Å². The first-order valence-corrected chi connectivity index (χ1v) is 23.4. The molecule has 284 valence electrons. The fraction of sp³-hybridized carbons (Fsp3) is 0.463. The van der Waals surface area contributed by atoms with Gasteiger partial charge in [0.05, 0.1) is 18.6 Å². The van der Waals surface area contributed by atoms with E-state index in [4.69, 9.17) is 21.7 Å². The Bertz CT molecular complexity index is 1960. The lowest BCUT2D eigenvalue weighted by molar-refractivity contribution is -0.146. The fourth-order valence-electron chi connectivity index (χ4n) is 6.03. The number of thiocarbonyl (C=S) groups is 1. The van der Waals surface area contributed by atoms with Gasteiger partial charge in [0.1, 0.15) is 10.1 Å². The Kier molecular flexibility index (Phi) is 16.5. The summed E-state index contributed by atoms with van der Waals surface area (Å²) in [5.41, 5.74) is 1.51. The van der Waals surface area contributed by atoms with Crippen LogP contribution in [-0.4, -0.2) is 28.3 Å². The molecule has 4 aromatic heterocycles. The van der Waals surface area contributed by atoms with Crippen LogP contribution in [0.3, 0.4) is 0 Å². The molecule has 0 aliphatic carbocycles. The summed E-state index contributed by atoms with van der Waals surface area (Å²) in [5.74, 6) is 0.204. The highest BCUT2D eigenvalue weighted by Crippen LogP contribution is 2.51. The number of nitriles is 1. The van der Waals surface area contributed by atoms with Gasteiger partial charge in [0, 0.05) is 51.0 Å². The van der Waals surface area contributed by atoms with Gasteiger partial charge in [-0.1, -0.05) is 58.1 Å². The first-order valence-electron chi connectivity index (χ1n) is 17.9. The highest BCUT2D eigenvalue weighted by Gasteiger charge is 2.45. The molecule has 0 aliphatic heterocycles. The van der Waals surface area contributed by atoms with Crippen LogP contribution in [0.5, 0.6) is 0 Å². The van der Waals surface area contributed by atoms with Crippen molar-refractivity contribution in [2.45, 2.75) is 100 Å². The largest absolute Gasteiger partial charge is 0.466 e. The monoisotopic (exact) mass is 843 g/mol. The first kappa shape index (κ1) is 43.5. The van der Waals surface area contributed by atoms with Gasteiger partial charge in [-0.05, 0) is 117 Å². The molecule has 0 radical (unpaired) electrons. The average Bonchev–Trinajstić information content (AvgIpc) is 3.98. The number of rotatable bonds is 18. The zero-order valence-electron chi connectivity index (χ0n) is 31.8. The Morgan fingerprint density at radius 2 is 1.60 bits per heavy atom. The maximum atomic E-state index is 13.2. The lowest BCUT2D eigenvalue weighted by Crippen LogP contribution is -2.38. The predicted octanol–water partition coefficient (Wildman–Crippen LogP) is 14.1. The summed E-state index contributed by atoms with van der Waals surface area (Å²) in [5, 5.41) is 12.7. The second-order valence-corrected chi connectivity index (χ2v) is 21.1. The van der Waals surface area contributed by atoms with Crippen molar-refractivity contribution in [3.63, 3.8) is 0 Å². The molecule has 0 amide bonds. The molecule has 5 nitrogen and oxygen atoms in total. The Morgan fingerprint density at radius 1 is 0.943 bits per heavy atom. The molecule has 2 atom stereocenters. The second kappa shape index (κ2) is 20.1. The van der Waals surface area contributed by atoms with Crippen LogP contribution in [0.1, 0.15) is 95.6 Å². The van der Waals surface area contributed by atoms with E-state index in [9.17, 15) is 14.9 Å². The average molecular weight is 844 g/mol. The molecular formula is C41H49NO4S7. The van der Waals surface area contributed by atoms with Gasteiger partial charge in [0.25, 0.3) is 0 Å². The fourth-order valence-corrected chi connectivity index (χ4v) is 13.1. The lowest BCUT2D eigenvalue weighted by atomic mass is 9.60. The second-order valence-electron chi connectivity index (χ2n) is 13.5. The van der Waals surface area contributed by atoms with E-state index >= 15 is 0 Å². The Balaban J connectivity index is 1.40. The van der Waals surface area contributed by atoms with Crippen molar-refractivity contribution in [1.29, 1.82) is 5.26 Å². The Labute approximate surface area is 345 Å². The molecular weight excluding hydrogens is 795 g/mol. The van der Waals surface area contributed by atoms with E-state index in [0.29, 0.717) is 31.3 Å². The van der Waals surface area contributed by atoms with Crippen molar-refractivity contribution < 1.29 is 19.1 Å². The summed E-state index contributed by atoms with van der Waals surface area (Å²) in [6.45, 7) is 14.6. The standard InChI is InChI=1S/C41H49NO4S7/c1-9-12-20-49-39(47)53-30(10-2)29(38(44)45-8)23-40(6,11-3)41(7,25-42)19-17-35(43)46-24-28-22-27(5)37(50-28)34-16-14-32(52-34)31-13-15-33(51-31)36-26(4)18-21-48-36/h13-16,18,21-22H,9-12,17,19-20,23-24H2,1-8H3/b30-29+. The number of carbonyl (C=O) groups is 2. The van der Waals surface area contributed by atoms with E-state index in [1.807, 2.05) is 39.0 Å². The first-order chi connectivity index (χ1) is 25.3. The number of hydrogen-bond donors (Lipinski definition) is 0. The quantitative estimate of drug-likeness (QED) is 0.0424. The van der Waals surface area contributed by atoms with Crippen molar-refractivity contribution >= 4 is 96.6 Å². The maximum absolute atomic E-state index is 13.2. The topological polar surface area (TPSA) is 76.4 Å². The van der Waals surface area contributed by atoms with Crippen molar-refractivity contribution in [3.8, 4) is 35.3 Å². The molecule has 0 fully saturated rings. The number of esters is 2. The summed E-state index contributed by atoms with van der Waals surface area (Å²) >= 11 is 15.8. The molecule has 0 saturated carbocycles. The number of unbranched alkanes of at least 4 members (excludes halogenated alkanes) is 1. The van der Waals surface area contributed by atoms with E-state index in [2.05, 4.69) is 68.6 Å². The van der Waals surface area contributed by atoms with Crippen molar-refractivity contribution in [2.24, 2.45) is 10.8 Å². The van der Waals surface area contributed by atoms with Gasteiger partial charge in [-0.3, -0.25) is 4.79 Å². The minimum atomic E-state index is -0.907. The van der Waals surface area contributed by atoms with Crippen LogP contribution in [0.2, 0.25) is 0 Å². The number of thioether (sulfide) groups is 2. The molecule has 0 spiro atoms. The van der Waals surface area contributed by atoms with E-state index < -0.39 is 16.8 Å². The van der Waals surface area contributed by atoms with Gasteiger partial charge in [-0.25, -0.2) is 4.79 Å². The van der Waals surface area contributed by atoms with Crippen LogP contribution < -0.4 is 0 Å². The normalized spacial score (nSPS) is 14.2. The van der Waals surface area contributed by atoms with E-state index in [0.717, 1.165) is 37.5 Å². The summed E-state index contributed by atoms with van der Waals surface area (Å²) < 4.78 is 11.8. The minimum Gasteiger partial charge on any atom is -0.466 e. The van der Waals surface area contributed by atoms with Gasteiger partial charge in [-0.2, -0.15) is 5.26 Å². The third kappa shape index (κ3) is 11.0. The van der Waals surface area contributed by atoms with Gasteiger partial charge in [0.15, 0.2) is 0 Å². The molecule has 4 rings (SSSR count). The summed E-state index contributed by atoms with van der Waals surface area (Å²) in [4.78, 5) is 35.7. The van der Waals surface area contributed by atoms with Gasteiger partial charge in [0.2, 0.25) is 0 Å². The van der Waals surface area contributed by atoms with Crippen LogP contribution in [0.15, 0.2) is 52.3 Å². The molecule has 2 unspecified atom stereocenters.